The fraction of sp³-hybridized carbons (Fsp3) is 0.920. The first-order valence-corrected chi connectivity index (χ1v) is 13.1. The van der Waals surface area contributed by atoms with Gasteiger partial charge in [-0.1, -0.05) is 45.4 Å². The van der Waals surface area contributed by atoms with E-state index in [-0.39, 0.29) is 23.7 Å². The van der Waals surface area contributed by atoms with E-state index in [1.807, 2.05) is 0 Å². The second kappa shape index (κ2) is 22.0. The zero-order chi connectivity index (χ0) is 24.0. The molecule has 7 heteroatoms. The van der Waals surface area contributed by atoms with Crippen molar-refractivity contribution < 1.29 is 9.59 Å². The molecule has 0 aliphatic heterocycles. The number of carbonyl (C=O) groups excluding carboxylic acids is 2. The topological polar surface area (TPSA) is 150 Å². The minimum atomic E-state index is -0.373. The molecule has 0 aromatic rings. The number of unbranched alkanes of at least 4 members (excludes halogenated alkanes) is 6. The molecule has 0 radical (unpaired) electrons. The second-order valence-electron chi connectivity index (χ2n) is 9.30. The number of rotatable bonds is 24. The van der Waals surface area contributed by atoms with E-state index in [0.717, 1.165) is 77.3 Å². The standard InChI is InChI=1S/C25H53N5O2/c1-2-3-11-18-30-20-21(19-25(32)23(29)14-8-10-17-27)12-5-4-6-15-24(31)22(28)13-7-9-16-26/h21-23,30H,2-20,26-29H2,1H3. The number of hydrogen-bond acceptors (Lipinski definition) is 7. The van der Waals surface area contributed by atoms with Crippen LogP contribution < -0.4 is 28.3 Å². The maximum absolute atomic E-state index is 12.6. The Kier molecular flexibility index (Phi) is 21.4. The Morgan fingerprint density at radius 1 is 0.719 bits per heavy atom. The number of ketones is 2. The summed E-state index contributed by atoms with van der Waals surface area (Å²) in [6.45, 7) is 5.35. The highest BCUT2D eigenvalue weighted by Crippen LogP contribution is 2.17. The van der Waals surface area contributed by atoms with Crippen LogP contribution in [0.2, 0.25) is 0 Å². The summed E-state index contributed by atoms with van der Waals surface area (Å²) in [4.78, 5) is 24.8. The third kappa shape index (κ3) is 17.7. The summed E-state index contributed by atoms with van der Waals surface area (Å²) >= 11 is 0. The zero-order valence-electron chi connectivity index (χ0n) is 20.8. The predicted octanol–water partition coefficient (Wildman–Crippen LogP) is 2.77. The first-order valence-electron chi connectivity index (χ1n) is 13.1. The Labute approximate surface area is 197 Å². The summed E-state index contributed by atoms with van der Waals surface area (Å²) in [5.74, 6) is 0.634. The Morgan fingerprint density at radius 3 is 1.91 bits per heavy atom. The summed E-state index contributed by atoms with van der Waals surface area (Å²) in [6, 6.07) is -0.720. The molecule has 0 spiro atoms. The van der Waals surface area contributed by atoms with Gasteiger partial charge in [0.15, 0.2) is 0 Å². The van der Waals surface area contributed by atoms with Crippen LogP contribution in [0.1, 0.15) is 103 Å². The minimum absolute atomic E-state index is 0.162. The molecule has 0 aromatic heterocycles. The molecular weight excluding hydrogens is 402 g/mol. The van der Waals surface area contributed by atoms with Crippen LogP contribution in [0.3, 0.4) is 0 Å². The Hall–Kier alpha value is -0.860. The number of nitrogens with two attached hydrogens (primary N) is 4. The molecule has 3 atom stereocenters. The van der Waals surface area contributed by atoms with Crippen molar-refractivity contribution >= 4 is 11.6 Å². The lowest BCUT2D eigenvalue weighted by atomic mass is 9.91. The molecule has 0 amide bonds. The van der Waals surface area contributed by atoms with Crippen molar-refractivity contribution in [3.8, 4) is 0 Å². The Morgan fingerprint density at radius 2 is 1.31 bits per heavy atom. The Bertz CT molecular complexity index is 462. The smallest absolute Gasteiger partial charge is 0.149 e. The monoisotopic (exact) mass is 455 g/mol. The van der Waals surface area contributed by atoms with Crippen LogP contribution >= 0.6 is 0 Å². The molecule has 0 aliphatic carbocycles. The number of Topliss-reactive ketones (excluding diaryl/α,β-unsaturated/α-hetero) is 2. The number of nitrogens with one attached hydrogen (secondary N) is 1. The highest BCUT2D eigenvalue weighted by molar-refractivity contribution is 5.84. The summed E-state index contributed by atoms with van der Waals surface area (Å²) in [5, 5.41) is 3.53. The van der Waals surface area contributed by atoms with Gasteiger partial charge >= 0.3 is 0 Å². The van der Waals surface area contributed by atoms with Crippen LogP contribution in [0, 0.1) is 5.92 Å². The fourth-order valence-electron chi connectivity index (χ4n) is 3.95. The molecule has 0 aliphatic rings. The van der Waals surface area contributed by atoms with E-state index in [1.54, 1.807) is 0 Å². The SMILES string of the molecule is CCCCCNCC(CCCCCC(=O)C(N)CCCCN)CC(=O)C(N)CCCCN. The second-order valence-corrected chi connectivity index (χ2v) is 9.30. The highest BCUT2D eigenvalue weighted by atomic mass is 16.1. The van der Waals surface area contributed by atoms with Gasteiger partial charge in [-0.2, -0.15) is 0 Å². The molecule has 0 heterocycles. The summed E-state index contributed by atoms with van der Waals surface area (Å²) in [6.07, 6.45) is 13.7. The molecule has 3 unspecified atom stereocenters. The molecule has 7 nitrogen and oxygen atoms in total. The lowest BCUT2D eigenvalue weighted by molar-refractivity contribution is -0.121. The van der Waals surface area contributed by atoms with Gasteiger partial charge in [0.25, 0.3) is 0 Å². The van der Waals surface area contributed by atoms with Crippen LogP contribution in [0.25, 0.3) is 0 Å². The van der Waals surface area contributed by atoms with E-state index >= 15 is 0 Å². The number of hydrogen-bond donors (Lipinski definition) is 5. The van der Waals surface area contributed by atoms with Crippen LogP contribution in [0.5, 0.6) is 0 Å². The van der Waals surface area contributed by atoms with Gasteiger partial charge in [-0.15, -0.1) is 0 Å². The average molecular weight is 456 g/mol. The molecule has 0 saturated carbocycles. The molecule has 0 aromatic carbocycles. The molecule has 0 fully saturated rings. The van der Waals surface area contributed by atoms with E-state index in [1.165, 1.54) is 19.3 Å². The average Bonchev–Trinajstić information content (AvgIpc) is 2.78. The van der Waals surface area contributed by atoms with Crippen molar-refractivity contribution in [2.75, 3.05) is 26.2 Å². The first-order chi connectivity index (χ1) is 15.5. The molecule has 0 rings (SSSR count). The molecule has 0 bridgehead atoms. The van der Waals surface area contributed by atoms with Crippen molar-refractivity contribution in [2.45, 2.75) is 115 Å². The van der Waals surface area contributed by atoms with Crippen LogP contribution in [-0.4, -0.2) is 49.8 Å². The molecule has 0 saturated heterocycles. The normalized spacial score (nSPS) is 14.3. The van der Waals surface area contributed by atoms with Crippen molar-refractivity contribution in [1.82, 2.24) is 5.32 Å². The molecule has 190 valence electrons. The van der Waals surface area contributed by atoms with Gasteiger partial charge in [0.05, 0.1) is 12.1 Å². The predicted molar refractivity (Wildman–Crippen MR) is 135 cm³/mol. The quantitative estimate of drug-likeness (QED) is 0.140. The van der Waals surface area contributed by atoms with Gasteiger partial charge in [-0.25, -0.2) is 0 Å². The lowest BCUT2D eigenvalue weighted by Crippen LogP contribution is -2.34. The maximum atomic E-state index is 12.6. The molecular formula is C25H53N5O2. The van der Waals surface area contributed by atoms with Gasteiger partial charge in [0, 0.05) is 12.8 Å². The third-order valence-electron chi connectivity index (χ3n) is 6.18. The van der Waals surface area contributed by atoms with Gasteiger partial charge in [0.2, 0.25) is 0 Å². The maximum Gasteiger partial charge on any atom is 0.149 e. The molecule has 9 N–H and O–H groups in total. The van der Waals surface area contributed by atoms with E-state index in [9.17, 15) is 9.59 Å². The highest BCUT2D eigenvalue weighted by Gasteiger charge is 2.19. The van der Waals surface area contributed by atoms with Gasteiger partial charge in [0.1, 0.15) is 11.6 Å². The van der Waals surface area contributed by atoms with Gasteiger partial charge < -0.3 is 28.3 Å². The van der Waals surface area contributed by atoms with Crippen LogP contribution in [-0.2, 0) is 9.59 Å². The van der Waals surface area contributed by atoms with E-state index in [4.69, 9.17) is 22.9 Å². The van der Waals surface area contributed by atoms with Gasteiger partial charge in [-0.05, 0) is 77.0 Å². The van der Waals surface area contributed by atoms with Crippen molar-refractivity contribution in [1.29, 1.82) is 0 Å². The van der Waals surface area contributed by atoms with E-state index in [0.29, 0.717) is 31.8 Å². The molecule has 32 heavy (non-hydrogen) atoms. The minimum Gasteiger partial charge on any atom is -0.330 e. The van der Waals surface area contributed by atoms with Crippen molar-refractivity contribution in [3.63, 3.8) is 0 Å². The van der Waals surface area contributed by atoms with Crippen LogP contribution in [0.4, 0.5) is 0 Å². The zero-order valence-corrected chi connectivity index (χ0v) is 20.8. The lowest BCUT2D eigenvalue weighted by Gasteiger charge is -2.19. The van der Waals surface area contributed by atoms with E-state index in [2.05, 4.69) is 12.2 Å². The third-order valence-corrected chi connectivity index (χ3v) is 6.18. The van der Waals surface area contributed by atoms with E-state index < -0.39 is 0 Å². The largest absolute Gasteiger partial charge is 0.330 e. The van der Waals surface area contributed by atoms with Gasteiger partial charge in [-0.3, -0.25) is 9.59 Å². The first kappa shape index (κ1) is 31.1. The number of carbonyl (C=O) groups is 2. The van der Waals surface area contributed by atoms with Crippen molar-refractivity contribution in [2.24, 2.45) is 28.9 Å². The summed E-state index contributed by atoms with van der Waals surface area (Å²) in [5.41, 5.74) is 23.1. The summed E-state index contributed by atoms with van der Waals surface area (Å²) < 4.78 is 0. The van der Waals surface area contributed by atoms with Crippen LogP contribution in [0.15, 0.2) is 0 Å². The summed E-state index contributed by atoms with van der Waals surface area (Å²) in [7, 11) is 0. The Balaban J connectivity index is 4.30. The fourth-order valence-corrected chi connectivity index (χ4v) is 3.95. The van der Waals surface area contributed by atoms with Crippen molar-refractivity contribution in [3.05, 3.63) is 0 Å².